The van der Waals surface area contributed by atoms with E-state index in [0.29, 0.717) is 0 Å². The number of aliphatic carboxylic acids is 1. The first-order chi connectivity index (χ1) is 12.2. The van der Waals surface area contributed by atoms with Crippen molar-refractivity contribution in [3.63, 3.8) is 0 Å². The summed E-state index contributed by atoms with van der Waals surface area (Å²) in [6.45, 7) is 0. The molecule has 1 aliphatic carbocycles. The largest absolute Gasteiger partial charge is 0.480 e. The van der Waals surface area contributed by atoms with Gasteiger partial charge in [-0.25, -0.2) is 9.59 Å². The highest BCUT2D eigenvalue weighted by molar-refractivity contribution is 6.01. The summed E-state index contributed by atoms with van der Waals surface area (Å²) in [6, 6.07) is 4.86. The molecule has 0 heterocycles. The molecule has 1 unspecified atom stereocenters. The van der Waals surface area contributed by atoms with Gasteiger partial charge < -0.3 is 14.6 Å². The third-order valence-corrected chi connectivity index (χ3v) is 4.04. The van der Waals surface area contributed by atoms with Gasteiger partial charge >= 0.3 is 17.9 Å². The molecule has 0 fully saturated rings. The number of carbonyl (C=O) groups excluding carboxylic acids is 2. The third kappa shape index (κ3) is 3.32. The van der Waals surface area contributed by atoms with Crippen molar-refractivity contribution < 1.29 is 33.9 Å². The number of methoxy groups -OCH3 is 2. The van der Waals surface area contributed by atoms with Crippen LogP contribution >= 0.6 is 0 Å². The van der Waals surface area contributed by atoms with Crippen LogP contribution in [0.5, 0.6) is 0 Å². The molecular weight excluding hydrogens is 346 g/mol. The van der Waals surface area contributed by atoms with Crippen LogP contribution < -0.4 is 0 Å². The lowest BCUT2D eigenvalue weighted by Crippen LogP contribution is -2.38. The summed E-state index contributed by atoms with van der Waals surface area (Å²) >= 11 is 0. The van der Waals surface area contributed by atoms with E-state index in [2.05, 4.69) is 9.47 Å². The minimum atomic E-state index is -1.78. The van der Waals surface area contributed by atoms with E-state index in [1.54, 1.807) is 0 Å². The molecule has 9 heteroatoms. The van der Waals surface area contributed by atoms with Crippen LogP contribution in [0.4, 0.5) is 5.69 Å². The van der Waals surface area contributed by atoms with Crippen LogP contribution in [0.25, 0.3) is 0 Å². The standard InChI is InChI=1S/C17H15NO8/c1-25-14(19)10-7-11(15(20)26-2)9-17(8-10,16(21)22)12-3-5-13(6-4-12)18(23)24/h3-8H,9H2,1-2H3,(H,21,22). The van der Waals surface area contributed by atoms with E-state index in [4.69, 9.17) is 0 Å². The molecule has 2 rings (SSSR count). The summed E-state index contributed by atoms with van der Waals surface area (Å²) < 4.78 is 9.27. The van der Waals surface area contributed by atoms with Gasteiger partial charge in [-0.3, -0.25) is 14.9 Å². The molecule has 0 aliphatic heterocycles. The highest BCUT2D eigenvalue weighted by Crippen LogP contribution is 2.39. The second-order valence-corrected chi connectivity index (χ2v) is 5.51. The number of esters is 2. The molecule has 9 nitrogen and oxygen atoms in total. The van der Waals surface area contributed by atoms with Crippen LogP contribution in [0, 0.1) is 10.1 Å². The maximum absolute atomic E-state index is 12.1. The maximum atomic E-state index is 12.1. The smallest absolute Gasteiger partial charge is 0.337 e. The number of non-ortho nitro benzene ring substituents is 1. The van der Waals surface area contributed by atoms with Crippen LogP contribution in [0.15, 0.2) is 47.6 Å². The van der Waals surface area contributed by atoms with Gasteiger partial charge in [-0.1, -0.05) is 12.1 Å². The SMILES string of the molecule is COC(=O)C1=CC(C(=O)O)(c2ccc([N+](=O)[O-])cc2)CC(C(=O)OC)=C1. The summed E-state index contributed by atoms with van der Waals surface area (Å²) in [4.78, 5) is 46.2. The quantitative estimate of drug-likeness (QED) is 0.474. The van der Waals surface area contributed by atoms with Crippen LogP contribution in [-0.2, 0) is 29.3 Å². The second-order valence-electron chi connectivity index (χ2n) is 5.51. The average molecular weight is 361 g/mol. The summed E-state index contributed by atoms with van der Waals surface area (Å²) in [5.41, 5.74) is -1.98. The summed E-state index contributed by atoms with van der Waals surface area (Å²) in [5, 5.41) is 20.7. The number of carboxylic acid groups (broad SMARTS) is 1. The van der Waals surface area contributed by atoms with E-state index in [1.807, 2.05) is 0 Å². The Morgan fingerprint density at radius 2 is 1.69 bits per heavy atom. The lowest BCUT2D eigenvalue weighted by molar-refractivity contribution is -0.384. The number of rotatable bonds is 5. The average Bonchev–Trinajstić information content (AvgIpc) is 2.65. The lowest BCUT2D eigenvalue weighted by atomic mass is 9.71. The first kappa shape index (κ1) is 18.8. The normalized spacial score (nSPS) is 19.0. The molecule has 0 radical (unpaired) electrons. The van der Waals surface area contributed by atoms with E-state index >= 15 is 0 Å². The molecule has 136 valence electrons. The predicted molar refractivity (Wildman–Crippen MR) is 87.2 cm³/mol. The van der Waals surface area contributed by atoms with Gasteiger partial charge in [0, 0.05) is 24.1 Å². The van der Waals surface area contributed by atoms with E-state index < -0.39 is 28.2 Å². The fourth-order valence-corrected chi connectivity index (χ4v) is 2.72. The fourth-order valence-electron chi connectivity index (χ4n) is 2.72. The first-order valence-electron chi connectivity index (χ1n) is 7.33. The Morgan fingerprint density at radius 1 is 1.12 bits per heavy atom. The molecule has 1 aromatic rings. The first-order valence-corrected chi connectivity index (χ1v) is 7.33. The van der Waals surface area contributed by atoms with Crippen molar-refractivity contribution in [2.45, 2.75) is 11.8 Å². The lowest BCUT2D eigenvalue weighted by Gasteiger charge is -2.30. The van der Waals surface area contributed by atoms with Gasteiger partial charge in [-0.2, -0.15) is 0 Å². The highest BCUT2D eigenvalue weighted by atomic mass is 16.6. The Labute approximate surface area is 147 Å². The maximum Gasteiger partial charge on any atom is 0.337 e. The van der Waals surface area contributed by atoms with Crippen molar-refractivity contribution in [3.05, 3.63) is 63.2 Å². The summed E-state index contributed by atoms with van der Waals surface area (Å²) in [7, 11) is 2.26. The zero-order chi connectivity index (χ0) is 19.5. The summed E-state index contributed by atoms with van der Waals surface area (Å²) in [5.74, 6) is -2.94. The minimum Gasteiger partial charge on any atom is -0.480 e. The number of hydrogen-bond donors (Lipinski definition) is 1. The monoisotopic (exact) mass is 361 g/mol. The number of nitro benzene ring substituents is 1. The van der Waals surface area contributed by atoms with E-state index in [0.717, 1.165) is 26.4 Å². The van der Waals surface area contributed by atoms with Gasteiger partial charge in [0.25, 0.3) is 5.69 Å². The van der Waals surface area contributed by atoms with E-state index in [-0.39, 0.29) is 28.8 Å². The van der Waals surface area contributed by atoms with Gasteiger partial charge in [-0.05, 0) is 17.7 Å². The van der Waals surface area contributed by atoms with Crippen molar-refractivity contribution in [1.29, 1.82) is 0 Å². The van der Waals surface area contributed by atoms with Gasteiger partial charge in [0.2, 0.25) is 0 Å². The molecule has 0 aromatic heterocycles. The highest BCUT2D eigenvalue weighted by Gasteiger charge is 2.44. The molecule has 1 aliphatic rings. The topological polar surface area (TPSA) is 133 Å². The second kappa shape index (κ2) is 7.18. The van der Waals surface area contributed by atoms with Crippen molar-refractivity contribution in [3.8, 4) is 0 Å². The Hall–Kier alpha value is -3.49. The Morgan fingerprint density at radius 3 is 2.15 bits per heavy atom. The van der Waals surface area contributed by atoms with Gasteiger partial charge in [0.1, 0.15) is 5.41 Å². The number of nitro groups is 1. The van der Waals surface area contributed by atoms with Crippen LogP contribution in [0.3, 0.4) is 0 Å². The van der Waals surface area contributed by atoms with Crippen molar-refractivity contribution >= 4 is 23.6 Å². The number of benzene rings is 1. The van der Waals surface area contributed by atoms with Gasteiger partial charge in [-0.15, -0.1) is 0 Å². The van der Waals surface area contributed by atoms with Crippen molar-refractivity contribution in [1.82, 2.24) is 0 Å². The molecule has 0 saturated carbocycles. The van der Waals surface area contributed by atoms with E-state index in [9.17, 15) is 29.6 Å². The number of ether oxygens (including phenoxy) is 2. The Balaban J connectivity index is 2.65. The van der Waals surface area contributed by atoms with Crippen molar-refractivity contribution in [2.75, 3.05) is 14.2 Å². The molecule has 0 amide bonds. The van der Waals surface area contributed by atoms with Crippen LogP contribution in [0.1, 0.15) is 12.0 Å². The summed E-state index contributed by atoms with van der Waals surface area (Å²) in [6.07, 6.45) is 2.10. The number of nitrogens with zero attached hydrogens (tertiary/aromatic N) is 1. The van der Waals surface area contributed by atoms with Gasteiger partial charge in [0.15, 0.2) is 0 Å². The van der Waals surface area contributed by atoms with Crippen LogP contribution in [0.2, 0.25) is 0 Å². The zero-order valence-corrected chi connectivity index (χ0v) is 13.9. The molecule has 0 bridgehead atoms. The molecular formula is C17H15NO8. The molecule has 1 aromatic carbocycles. The van der Waals surface area contributed by atoms with Gasteiger partial charge in [0.05, 0.1) is 24.7 Å². The third-order valence-electron chi connectivity index (χ3n) is 4.04. The fraction of sp³-hybridized carbons (Fsp3) is 0.235. The van der Waals surface area contributed by atoms with E-state index in [1.165, 1.54) is 24.3 Å². The number of hydrogen-bond acceptors (Lipinski definition) is 7. The number of carbonyl (C=O) groups is 3. The molecule has 0 saturated heterocycles. The zero-order valence-electron chi connectivity index (χ0n) is 13.9. The predicted octanol–water partition coefficient (Wildman–Crippen LogP) is 1.52. The Bertz CT molecular complexity index is 837. The molecule has 1 atom stereocenters. The minimum absolute atomic E-state index is 0.0313. The Kier molecular flexibility index (Phi) is 5.20. The molecule has 0 spiro atoms. The molecule has 26 heavy (non-hydrogen) atoms. The molecule has 1 N–H and O–H groups in total. The van der Waals surface area contributed by atoms with Crippen molar-refractivity contribution in [2.24, 2.45) is 0 Å². The van der Waals surface area contributed by atoms with Crippen LogP contribution in [-0.4, -0.2) is 42.2 Å². The number of carboxylic acids is 1.